The van der Waals surface area contributed by atoms with Crippen molar-refractivity contribution in [3.8, 4) is 11.4 Å². The van der Waals surface area contributed by atoms with Crippen LogP contribution in [0.15, 0.2) is 47.4 Å². The van der Waals surface area contributed by atoms with Crippen LogP contribution < -0.4 is 15.6 Å². The van der Waals surface area contributed by atoms with Gasteiger partial charge in [-0.25, -0.2) is 4.79 Å². The SMILES string of the molecule is COc1cc(=O)n(-c2ccccc2)cc1C(=O)N1CC(N2C(=O)CNC2=O)C1. The lowest BCUT2D eigenvalue weighted by molar-refractivity contribution is -0.128. The van der Waals surface area contributed by atoms with Gasteiger partial charge in [0.15, 0.2) is 0 Å². The molecule has 144 valence electrons. The lowest BCUT2D eigenvalue weighted by Crippen LogP contribution is -2.62. The Morgan fingerprint density at radius 2 is 1.86 bits per heavy atom. The van der Waals surface area contributed by atoms with Gasteiger partial charge >= 0.3 is 6.03 Å². The van der Waals surface area contributed by atoms with Gasteiger partial charge in [0.2, 0.25) is 5.91 Å². The van der Waals surface area contributed by atoms with E-state index in [-0.39, 0.29) is 54.4 Å². The van der Waals surface area contributed by atoms with Crippen LogP contribution in [0.3, 0.4) is 0 Å². The van der Waals surface area contributed by atoms with Gasteiger partial charge in [0.1, 0.15) is 5.75 Å². The molecular weight excluding hydrogens is 364 g/mol. The Labute approximate surface area is 160 Å². The minimum Gasteiger partial charge on any atom is -0.496 e. The first-order valence-corrected chi connectivity index (χ1v) is 8.75. The normalized spacial score (nSPS) is 16.8. The molecule has 1 aromatic carbocycles. The highest BCUT2D eigenvalue weighted by atomic mass is 16.5. The molecule has 2 aliphatic rings. The monoisotopic (exact) mass is 382 g/mol. The number of rotatable bonds is 4. The van der Waals surface area contributed by atoms with E-state index in [2.05, 4.69) is 5.32 Å². The van der Waals surface area contributed by atoms with E-state index >= 15 is 0 Å². The van der Waals surface area contributed by atoms with Gasteiger partial charge < -0.3 is 15.0 Å². The summed E-state index contributed by atoms with van der Waals surface area (Å²) in [6, 6.07) is 9.45. The summed E-state index contributed by atoms with van der Waals surface area (Å²) in [5.74, 6) is -0.442. The topological polar surface area (TPSA) is 101 Å². The lowest BCUT2D eigenvalue weighted by atomic mass is 10.1. The summed E-state index contributed by atoms with van der Waals surface area (Å²) in [6.45, 7) is 0.469. The molecule has 0 radical (unpaired) electrons. The Kier molecular flexibility index (Phi) is 4.34. The van der Waals surface area contributed by atoms with E-state index in [4.69, 9.17) is 4.74 Å². The second-order valence-electron chi connectivity index (χ2n) is 6.59. The summed E-state index contributed by atoms with van der Waals surface area (Å²) < 4.78 is 6.61. The summed E-state index contributed by atoms with van der Waals surface area (Å²) in [5.41, 5.74) is 0.548. The number of hydrogen-bond donors (Lipinski definition) is 1. The molecule has 2 saturated heterocycles. The number of benzene rings is 1. The number of nitrogens with one attached hydrogen (secondary N) is 1. The molecule has 3 heterocycles. The molecule has 0 aliphatic carbocycles. The molecule has 2 aliphatic heterocycles. The van der Waals surface area contributed by atoms with Crippen LogP contribution in [0.1, 0.15) is 10.4 Å². The highest BCUT2D eigenvalue weighted by Gasteiger charge is 2.43. The van der Waals surface area contributed by atoms with Crippen molar-refractivity contribution in [1.82, 2.24) is 19.7 Å². The van der Waals surface area contributed by atoms with Gasteiger partial charge in [0.05, 0.1) is 25.3 Å². The minimum absolute atomic E-state index is 0.0147. The molecule has 2 aromatic rings. The van der Waals surface area contributed by atoms with Crippen molar-refractivity contribution in [2.24, 2.45) is 0 Å². The van der Waals surface area contributed by atoms with Crippen LogP contribution in [-0.2, 0) is 4.79 Å². The molecule has 1 N–H and O–H groups in total. The van der Waals surface area contributed by atoms with Crippen molar-refractivity contribution in [2.75, 3.05) is 26.7 Å². The number of pyridine rings is 1. The van der Waals surface area contributed by atoms with Gasteiger partial charge in [-0.2, -0.15) is 0 Å². The first-order chi connectivity index (χ1) is 13.5. The van der Waals surface area contributed by atoms with E-state index in [0.29, 0.717) is 5.69 Å². The maximum Gasteiger partial charge on any atom is 0.324 e. The van der Waals surface area contributed by atoms with Gasteiger partial charge in [0, 0.05) is 31.0 Å². The number of carbonyl (C=O) groups excluding carboxylic acids is 3. The average molecular weight is 382 g/mol. The third kappa shape index (κ3) is 2.90. The second-order valence-corrected chi connectivity index (χ2v) is 6.59. The molecule has 4 rings (SSSR count). The van der Waals surface area contributed by atoms with Crippen molar-refractivity contribution < 1.29 is 19.1 Å². The maximum absolute atomic E-state index is 13.0. The summed E-state index contributed by atoms with van der Waals surface area (Å²) in [4.78, 5) is 51.5. The predicted molar refractivity (Wildman–Crippen MR) is 98.5 cm³/mol. The fourth-order valence-electron chi connectivity index (χ4n) is 3.39. The van der Waals surface area contributed by atoms with Gasteiger partial charge in [0.25, 0.3) is 11.5 Å². The van der Waals surface area contributed by atoms with Crippen LogP contribution >= 0.6 is 0 Å². The number of nitrogens with zero attached hydrogens (tertiary/aromatic N) is 3. The van der Waals surface area contributed by atoms with Crippen molar-refractivity contribution >= 4 is 17.8 Å². The minimum atomic E-state index is -0.433. The van der Waals surface area contributed by atoms with E-state index in [1.807, 2.05) is 6.07 Å². The zero-order valence-corrected chi connectivity index (χ0v) is 15.1. The molecule has 2 fully saturated rings. The molecule has 9 nitrogen and oxygen atoms in total. The Balaban J connectivity index is 1.59. The largest absolute Gasteiger partial charge is 0.496 e. The smallest absolute Gasteiger partial charge is 0.324 e. The number of aromatic nitrogens is 1. The van der Waals surface area contributed by atoms with Crippen LogP contribution in [0.25, 0.3) is 5.69 Å². The van der Waals surface area contributed by atoms with Gasteiger partial charge in [-0.3, -0.25) is 23.9 Å². The molecule has 0 atom stereocenters. The Bertz CT molecular complexity index is 995. The first-order valence-electron chi connectivity index (χ1n) is 8.75. The van der Waals surface area contributed by atoms with Crippen molar-refractivity contribution in [1.29, 1.82) is 0 Å². The fraction of sp³-hybridized carbons (Fsp3) is 0.263. The number of amides is 4. The van der Waals surface area contributed by atoms with Gasteiger partial charge in [-0.05, 0) is 12.1 Å². The van der Waals surface area contributed by atoms with Crippen molar-refractivity contribution in [2.45, 2.75) is 6.04 Å². The molecule has 0 spiro atoms. The quantitative estimate of drug-likeness (QED) is 0.763. The number of imide groups is 1. The van der Waals surface area contributed by atoms with Gasteiger partial charge in [-0.1, -0.05) is 18.2 Å². The molecular formula is C19H18N4O5. The van der Waals surface area contributed by atoms with Crippen LogP contribution in [0.4, 0.5) is 4.79 Å². The van der Waals surface area contributed by atoms with Crippen LogP contribution in [0.5, 0.6) is 5.75 Å². The van der Waals surface area contributed by atoms with Gasteiger partial charge in [-0.15, -0.1) is 0 Å². The number of ether oxygens (including phenoxy) is 1. The predicted octanol–water partition coefficient (Wildman–Crippen LogP) is 0.222. The molecule has 0 unspecified atom stereocenters. The zero-order valence-electron chi connectivity index (χ0n) is 15.1. The third-order valence-electron chi connectivity index (χ3n) is 4.89. The van der Waals surface area contributed by atoms with Crippen LogP contribution in [0.2, 0.25) is 0 Å². The average Bonchev–Trinajstić information content (AvgIpc) is 2.99. The standard InChI is InChI=1S/C19H18N4O5/c1-28-15-7-16(24)22(12-5-3-2-4-6-12)11-14(15)18(26)21-9-13(10-21)23-17(25)8-20-19(23)27/h2-7,11,13H,8-10H2,1H3,(H,20,27). The van der Waals surface area contributed by atoms with Crippen LogP contribution in [0, 0.1) is 0 Å². The van der Waals surface area contributed by atoms with E-state index in [0.717, 1.165) is 4.90 Å². The number of likely N-dealkylation sites (tertiary alicyclic amines) is 1. The Morgan fingerprint density at radius 3 is 2.46 bits per heavy atom. The summed E-state index contributed by atoms with van der Waals surface area (Å²) >= 11 is 0. The number of para-hydroxylation sites is 1. The number of methoxy groups -OCH3 is 1. The Hall–Kier alpha value is -3.62. The number of hydrogen-bond acceptors (Lipinski definition) is 5. The molecule has 0 bridgehead atoms. The first kappa shape index (κ1) is 17.8. The lowest BCUT2D eigenvalue weighted by Gasteiger charge is -2.42. The molecule has 1 aromatic heterocycles. The maximum atomic E-state index is 13.0. The van der Waals surface area contributed by atoms with Crippen molar-refractivity contribution in [3.63, 3.8) is 0 Å². The number of carbonyl (C=O) groups is 3. The third-order valence-corrected chi connectivity index (χ3v) is 4.89. The Morgan fingerprint density at radius 1 is 1.14 bits per heavy atom. The molecule has 4 amide bonds. The van der Waals surface area contributed by atoms with E-state index in [9.17, 15) is 19.2 Å². The highest BCUT2D eigenvalue weighted by Crippen LogP contribution is 2.24. The molecule has 9 heteroatoms. The number of urea groups is 1. The molecule has 0 saturated carbocycles. The molecule has 28 heavy (non-hydrogen) atoms. The van der Waals surface area contributed by atoms with E-state index < -0.39 is 6.03 Å². The second kappa shape index (κ2) is 6.84. The highest BCUT2D eigenvalue weighted by molar-refractivity contribution is 6.03. The van der Waals surface area contributed by atoms with Crippen molar-refractivity contribution in [3.05, 3.63) is 58.5 Å². The van der Waals surface area contributed by atoms with E-state index in [1.165, 1.54) is 28.8 Å². The zero-order chi connectivity index (χ0) is 19.8. The van der Waals surface area contributed by atoms with E-state index in [1.54, 1.807) is 24.3 Å². The van der Waals surface area contributed by atoms with Crippen LogP contribution in [-0.4, -0.2) is 65.0 Å². The fourth-order valence-corrected chi connectivity index (χ4v) is 3.39. The summed E-state index contributed by atoms with van der Waals surface area (Å²) in [7, 11) is 1.39. The summed E-state index contributed by atoms with van der Waals surface area (Å²) in [5, 5.41) is 2.47. The summed E-state index contributed by atoms with van der Waals surface area (Å²) in [6.07, 6.45) is 1.46.